The molecule has 5 heteroatoms. The Hall–Kier alpha value is -0.650. The van der Waals surface area contributed by atoms with E-state index in [-0.39, 0.29) is 11.7 Å². The largest absolute Gasteiger partial charge is 0.487 e. The normalized spacial score (nSPS) is 31.7. The summed E-state index contributed by atoms with van der Waals surface area (Å²) in [4.78, 5) is 4.17. The second-order valence-corrected chi connectivity index (χ2v) is 5.61. The SMILES string of the molecule is Brc1ncccc1OC1CCOC2(CCOC2)C1. The van der Waals surface area contributed by atoms with Crippen LogP contribution >= 0.6 is 15.9 Å². The number of aromatic nitrogens is 1. The minimum Gasteiger partial charge on any atom is -0.487 e. The average Bonchev–Trinajstić information content (AvgIpc) is 2.80. The number of halogens is 1. The lowest BCUT2D eigenvalue weighted by Gasteiger charge is -2.37. The second kappa shape index (κ2) is 5.15. The highest BCUT2D eigenvalue weighted by molar-refractivity contribution is 9.10. The van der Waals surface area contributed by atoms with Crippen LogP contribution in [-0.2, 0) is 9.47 Å². The molecule has 2 aliphatic heterocycles. The van der Waals surface area contributed by atoms with E-state index in [9.17, 15) is 0 Å². The van der Waals surface area contributed by atoms with Gasteiger partial charge < -0.3 is 14.2 Å². The van der Waals surface area contributed by atoms with E-state index in [4.69, 9.17) is 14.2 Å². The first kappa shape index (κ1) is 12.4. The Balaban J connectivity index is 1.68. The standard InChI is InChI=1S/C13H16BrNO3/c14-12-11(2-1-5-15-12)18-10-3-6-17-13(8-10)4-7-16-9-13/h1-2,5,10H,3-4,6-9H2. The molecule has 98 valence electrons. The lowest BCUT2D eigenvalue weighted by Crippen LogP contribution is -2.44. The zero-order valence-electron chi connectivity index (χ0n) is 10.1. The molecule has 4 nitrogen and oxygen atoms in total. The van der Waals surface area contributed by atoms with Crippen molar-refractivity contribution < 1.29 is 14.2 Å². The number of hydrogen-bond acceptors (Lipinski definition) is 4. The summed E-state index contributed by atoms with van der Waals surface area (Å²) in [7, 11) is 0. The Morgan fingerprint density at radius 3 is 3.17 bits per heavy atom. The molecule has 3 rings (SSSR count). The molecule has 0 bridgehead atoms. The van der Waals surface area contributed by atoms with Crippen LogP contribution in [0.5, 0.6) is 5.75 Å². The van der Waals surface area contributed by atoms with Crippen molar-refractivity contribution in [3.05, 3.63) is 22.9 Å². The van der Waals surface area contributed by atoms with E-state index in [0.717, 1.165) is 42.8 Å². The molecule has 1 aromatic rings. The predicted octanol–water partition coefficient (Wildman–Crippen LogP) is 2.56. The highest BCUT2D eigenvalue weighted by Gasteiger charge is 2.41. The van der Waals surface area contributed by atoms with Crippen LogP contribution in [0.3, 0.4) is 0 Å². The summed E-state index contributed by atoms with van der Waals surface area (Å²) in [5.74, 6) is 0.804. The van der Waals surface area contributed by atoms with Gasteiger partial charge >= 0.3 is 0 Å². The van der Waals surface area contributed by atoms with E-state index >= 15 is 0 Å². The topological polar surface area (TPSA) is 40.6 Å². The van der Waals surface area contributed by atoms with Crippen molar-refractivity contribution >= 4 is 15.9 Å². The molecule has 2 unspecified atom stereocenters. The van der Waals surface area contributed by atoms with Gasteiger partial charge in [0.15, 0.2) is 5.75 Å². The van der Waals surface area contributed by atoms with Crippen LogP contribution in [0.2, 0.25) is 0 Å². The molecule has 2 saturated heterocycles. The summed E-state index contributed by atoms with van der Waals surface area (Å²) in [5, 5.41) is 0. The van der Waals surface area contributed by atoms with Crippen molar-refractivity contribution in [3.8, 4) is 5.75 Å². The first-order chi connectivity index (χ1) is 8.77. The molecule has 2 fully saturated rings. The van der Waals surface area contributed by atoms with E-state index in [2.05, 4.69) is 20.9 Å². The molecular formula is C13H16BrNO3. The van der Waals surface area contributed by atoms with Gasteiger partial charge in [0.05, 0.1) is 18.8 Å². The second-order valence-electron chi connectivity index (χ2n) is 4.86. The Kier molecular flexibility index (Phi) is 3.54. The van der Waals surface area contributed by atoms with Gasteiger partial charge in [0.1, 0.15) is 10.7 Å². The molecule has 1 aromatic heterocycles. The lowest BCUT2D eigenvalue weighted by molar-refractivity contribution is -0.112. The third-order valence-corrected chi connectivity index (χ3v) is 4.13. The van der Waals surface area contributed by atoms with Crippen molar-refractivity contribution in [2.75, 3.05) is 19.8 Å². The monoisotopic (exact) mass is 313 g/mol. The molecule has 0 amide bonds. The lowest BCUT2D eigenvalue weighted by atomic mass is 9.91. The van der Waals surface area contributed by atoms with Crippen LogP contribution in [-0.4, -0.2) is 36.5 Å². The van der Waals surface area contributed by atoms with Crippen LogP contribution in [0.25, 0.3) is 0 Å². The molecule has 1 spiro atoms. The Bertz CT molecular complexity index is 420. The molecule has 3 heterocycles. The highest BCUT2D eigenvalue weighted by Crippen LogP contribution is 2.35. The van der Waals surface area contributed by atoms with Crippen molar-refractivity contribution in [2.24, 2.45) is 0 Å². The number of nitrogens with zero attached hydrogens (tertiary/aromatic N) is 1. The minimum absolute atomic E-state index is 0.113. The Morgan fingerprint density at radius 1 is 1.44 bits per heavy atom. The predicted molar refractivity (Wildman–Crippen MR) is 69.7 cm³/mol. The summed E-state index contributed by atoms with van der Waals surface area (Å²) in [6, 6.07) is 3.82. The summed E-state index contributed by atoms with van der Waals surface area (Å²) < 4.78 is 18.1. The van der Waals surface area contributed by atoms with E-state index < -0.39 is 0 Å². The molecule has 0 N–H and O–H groups in total. The number of rotatable bonds is 2. The maximum atomic E-state index is 6.03. The molecular weight excluding hydrogens is 298 g/mol. The summed E-state index contributed by atoms with van der Waals surface area (Å²) in [5.41, 5.74) is -0.113. The third kappa shape index (κ3) is 2.53. The van der Waals surface area contributed by atoms with Crippen molar-refractivity contribution in [2.45, 2.75) is 31.0 Å². The fourth-order valence-corrected chi connectivity index (χ4v) is 2.93. The van der Waals surface area contributed by atoms with E-state index in [1.807, 2.05) is 12.1 Å². The zero-order valence-corrected chi connectivity index (χ0v) is 11.7. The van der Waals surface area contributed by atoms with Crippen LogP contribution in [0.4, 0.5) is 0 Å². The quantitative estimate of drug-likeness (QED) is 0.787. The maximum Gasteiger partial charge on any atom is 0.152 e. The maximum absolute atomic E-state index is 6.03. The van der Waals surface area contributed by atoms with Gasteiger partial charge in [-0.3, -0.25) is 0 Å². The highest BCUT2D eigenvalue weighted by atomic mass is 79.9. The summed E-state index contributed by atoms with van der Waals surface area (Å²) in [6.07, 6.45) is 4.71. The third-order valence-electron chi connectivity index (χ3n) is 3.53. The summed E-state index contributed by atoms with van der Waals surface area (Å²) >= 11 is 3.41. The Labute approximate surface area is 115 Å². The van der Waals surface area contributed by atoms with Gasteiger partial charge in [-0.15, -0.1) is 0 Å². The van der Waals surface area contributed by atoms with Gasteiger partial charge in [-0.25, -0.2) is 4.98 Å². The zero-order chi connectivity index (χ0) is 12.4. The first-order valence-corrected chi connectivity index (χ1v) is 7.06. The molecule has 0 saturated carbocycles. The van der Waals surface area contributed by atoms with Gasteiger partial charge in [0.25, 0.3) is 0 Å². The van der Waals surface area contributed by atoms with Crippen LogP contribution in [0.15, 0.2) is 22.9 Å². The molecule has 2 atom stereocenters. The van der Waals surface area contributed by atoms with Gasteiger partial charge in [0, 0.05) is 32.1 Å². The molecule has 18 heavy (non-hydrogen) atoms. The van der Waals surface area contributed by atoms with E-state index in [1.165, 1.54) is 0 Å². The smallest absolute Gasteiger partial charge is 0.152 e. The molecule has 0 radical (unpaired) electrons. The number of hydrogen-bond donors (Lipinski definition) is 0. The van der Waals surface area contributed by atoms with Gasteiger partial charge in [0.2, 0.25) is 0 Å². The van der Waals surface area contributed by atoms with Crippen molar-refractivity contribution in [1.29, 1.82) is 0 Å². The Morgan fingerprint density at radius 2 is 2.39 bits per heavy atom. The minimum atomic E-state index is -0.113. The molecule has 0 aliphatic carbocycles. The van der Waals surface area contributed by atoms with Gasteiger partial charge in [-0.1, -0.05) is 0 Å². The first-order valence-electron chi connectivity index (χ1n) is 6.26. The van der Waals surface area contributed by atoms with Crippen molar-refractivity contribution in [1.82, 2.24) is 4.98 Å². The van der Waals surface area contributed by atoms with E-state index in [0.29, 0.717) is 6.61 Å². The molecule has 0 aromatic carbocycles. The fraction of sp³-hybridized carbons (Fsp3) is 0.615. The van der Waals surface area contributed by atoms with Crippen LogP contribution in [0, 0.1) is 0 Å². The van der Waals surface area contributed by atoms with Gasteiger partial charge in [-0.05, 0) is 28.1 Å². The van der Waals surface area contributed by atoms with Crippen LogP contribution in [0.1, 0.15) is 19.3 Å². The fourth-order valence-electron chi connectivity index (χ4n) is 2.59. The summed E-state index contributed by atoms with van der Waals surface area (Å²) in [6.45, 7) is 2.23. The van der Waals surface area contributed by atoms with E-state index in [1.54, 1.807) is 6.20 Å². The average molecular weight is 314 g/mol. The van der Waals surface area contributed by atoms with Crippen LogP contribution < -0.4 is 4.74 Å². The number of ether oxygens (including phenoxy) is 3. The molecule has 2 aliphatic rings. The number of pyridine rings is 1. The van der Waals surface area contributed by atoms with Crippen molar-refractivity contribution in [3.63, 3.8) is 0 Å². The van der Waals surface area contributed by atoms with Gasteiger partial charge in [-0.2, -0.15) is 0 Å².